The number of amides is 1. The van der Waals surface area contributed by atoms with E-state index in [-0.39, 0.29) is 22.4 Å². The van der Waals surface area contributed by atoms with Crippen LogP contribution in [-0.4, -0.2) is 35.1 Å². The molecule has 2 N–H and O–H groups in total. The number of halogens is 2. The topological polar surface area (TPSA) is 89.1 Å². The molecule has 7 nitrogen and oxygen atoms in total. The van der Waals surface area contributed by atoms with Crippen LogP contribution in [0.4, 0.5) is 5.69 Å². The zero-order valence-electron chi connectivity index (χ0n) is 17.4. The van der Waals surface area contributed by atoms with Crippen molar-refractivity contribution in [3.8, 4) is 11.5 Å². The quantitative estimate of drug-likeness (QED) is 0.394. The Balaban J connectivity index is 1.60. The van der Waals surface area contributed by atoms with Crippen molar-refractivity contribution in [2.75, 3.05) is 19.5 Å². The number of carbonyl (C=O) groups excluding carboxylic acids is 1. The van der Waals surface area contributed by atoms with Gasteiger partial charge in [0, 0.05) is 18.8 Å². The van der Waals surface area contributed by atoms with Crippen molar-refractivity contribution in [3.05, 3.63) is 75.8 Å². The Hall–Kier alpha value is -3.29. The summed E-state index contributed by atoms with van der Waals surface area (Å²) >= 11 is 12.2. The molecule has 164 valence electrons. The molecule has 4 aromatic rings. The molecule has 0 saturated heterocycles. The van der Waals surface area contributed by atoms with Gasteiger partial charge in [-0.25, -0.2) is 4.98 Å². The number of aromatic amines is 1. The van der Waals surface area contributed by atoms with Crippen molar-refractivity contribution in [2.24, 2.45) is 0 Å². The van der Waals surface area contributed by atoms with Gasteiger partial charge in [-0.05, 0) is 29.3 Å². The van der Waals surface area contributed by atoms with E-state index in [1.807, 2.05) is 36.4 Å². The second-order valence-electron chi connectivity index (χ2n) is 7.06. The Kier molecular flexibility index (Phi) is 6.48. The molecular formula is C23H20Cl2N4O3. The number of nitrogens with zero attached hydrogens (tertiary/aromatic N) is 2. The minimum atomic E-state index is -0.272. The van der Waals surface area contributed by atoms with Crippen molar-refractivity contribution in [1.82, 2.24) is 15.0 Å². The van der Waals surface area contributed by atoms with Gasteiger partial charge in [-0.3, -0.25) is 9.78 Å². The number of ether oxygens (including phenoxy) is 2. The fourth-order valence-electron chi connectivity index (χ4n) is 3.39. The monoisotopic (exact) mass is 470 g/mol. The number of benzene rings is 2. The number of methoxy groups -OCH3 is 2. The van der Waals surface area contributed by atoms with Gasteiger partial charge in [0.15, 0.2) is 0 Å². The highest BCUT2D eigenvalue weighted by Crippen LogP contribution is 2.30. The van der Waals surface area contributed by atoms with Crippen LogP contribution in [0.3, 0.4) is 0 Å². The number of fused-ring (bicyclic) bond motifs is 1. The van der Waals surface area contributed by atoms with Gasteiger partial charge < -0.3 is 19.8 Å². The minimum Gasteiger partial charge on any atom is -0.497 e. The number of carbonyl (C=O) groups is 1. The van der Waals surface area contributed by atoms with Crippen molar-refractivity contribution in [2.45, 2.75) is 12.8 Å². The molecule has 4 rings (SSSR count). The number of aromatic nitrogens is 3. The molecule has 2 heterocycles. The molecule has 0 aliphatic carbocycles. The average Bonchev–Trinajstić information content (AvgIpc) is 3.21. The van der Waals surface area contributed by atoms with E-state index >= 15 is 0 Å². The van der Waals surface area contributed by atoms with Gasteiger partial charge in [0.05, 0.1) is 41.9 Å². The van der Waals surface area contributed by atoms with E-state index in [4.69, 9.17) is 37.7 Å². The smallest absolute Gasteiger partial charge is 0.228 e. The molecule has 32 heavy (non-hydrogen) atoms. The van der Waals surface area contributed by atoms with Crippen molar-refractivity contribution >= 4 is 45.8 Å². The largest absolute Gasteiger partial charge is 0.497 e. The van der Waals surface area contributed by atoms with Crippen LogP contribution in [0.2, 0.25) is 10.0 Å². The first-order chi connectivity index (χ1) is 15.5. The lowest BCUT2D eigenvalue weighted by molar-refractivity contribution is -0.115. The number of rotatable bonds is 7. The Morgan fingerprint density at radius 3 is 2.41 bits per heavy atom. The normalized spacial score (nSPS) is 10.9. The number of hydrogen-bond donors (Lipinski definition) is 2. The van der Waals surface area contributed by atoms with Gasteiger partial charge in [-0.15, -0.1) is 0 Å². The zero-order chi connectivity index (χ0) is 22.7. The zero-order valence-corrected chi connectivity index (χ0v) is 18.9. The summed E-state index contributed by atoms with van der Waals surface area (Å²) in [4.78, 5) is 24.7. The number of anilines is 1. The van der Waals surface area contributed by atoms with Crippen LogP contribution in [0.1, 0.15) is 17.0 Å². The SMILES string of the molecule is COc1ccc(Cc2nc3c(CC(=O)Nc4c(Cl)cncc4Cl)ccc(OC)c3[nH]2)cc1. The van der Waals surface area contributed by atoms with E-state index < -0.39 is 0 Å². The van der Waals surface area contributed by atoms with Crippen LogP contribution in [0.15, 0.2) is 48.8 Å². The second-order valence-corrected chi connectivity index (χ2v) is 7.88. The van der Waals surface area contributed by atoms with Crippen LogP contribution >= 0.6 is 23.2 Å². The van der Waals surface area contributed by atoms with Gasteiger partial charge >= 0.3 is 0 Å². The molecule has 0 fully saturated rings. The standard InChI is InChI=1S/C23H20Cl2N4O3/c1-31-15-6-3-13(4-7-15)9-19-27-21-14(5-8-18(32-2)23(21)28-19)10-20(30)29-22-16(24)11-26-12-17(22)25/h3-8,11-12H,9-10H2,1-2H3,(H,27,28)(H,26,29,30). The molecule has 0 unspecified atom stereocenters. The van der Waals surface area contributed by atoms with Crippen molar-refractivity contribution in [3.63, 3.8) is 0 Å². The van der Waals surface area contributed by atoms with Crippen molar-refractivity contribution < 1.29 is 14.3 Å². The summed E-state index contributed by atoms with van der Waals surface area (Å²) in [6.45, 7) is 0. The third kappa shape index (κ3) is 4.64. The summed E-state index contributed by atoms with van der Waals surface area (Å²) < 4.78 is 10.7. The predicted molar refractivity (Wildman–Crippen MR) is 125 cm³/mol. The fourth-order valence-corrected chi connectivity index (χ4v) is 3.85. The summed E-state index contributed by atoms with van der Waals surface area (Å²) in [5.41, 5.74) is 3.57. The molecule has 2 aromatic carbocycles. The molecule has 0 bridgehead atoms. The predicted octanol–water partition coefficient (Wildman–Crippen LogP) is 5.05. The summed E-state index contributed by atoms with van der Waals surface area (Å²) in [5.74, 6) is 1.93. The summed E-state index contributed by atoms with van der Waals surface area (Å²) in [5, 5.41) is 3.30. The summed E-state index contributed by atoms with van der Waals surface area (Å²) in [7, 11) is 3.23. The maximum atomic E-state index is 12.7. The molecule has 0 radical (unpaired) electrons. The Morgan fingerprint density at radius 1 is 1.03 bits per heavy atom. The van der Waals surface area contributed by atoms with Gasteiger partial charge in [0.1, 0.15) is 22.8 Å². The summed E-state index contributed by atoms with van der Waals surface area (Å²) in [6.07, 6.45) is 3.53. The van der Waals surface area contributed by atoms with E-state index in [0.717, 1.165) is 28.2 Å². The van der Waals surface area contributed by atoms with E-state index in [9.17, 15) is 4.79 Å². The maximum Gasteiger partial charge on any atom is 0.228 e. The third-order valence-corrected chi connectivity index (χ3v) is 5.53. The van der Waals surface area contributed by atoms with E-state index in [1.165, 1.54) is 12.4 Å². The van der Waals surface area contributed by atoms with Crippen molar-refractivity contribution in [1.29, 1.82) is 0 Å². The Labute approximate surface area is 194 Å². The first-order valence-electron chi connectivity index (χ1n) is 9.74. The molecular weight excluding hydrogens is 451 g/mol. The highest BCUT2D eigenvalue weighted by molar-refractivity contribution is 6.39. The first kappa shape index (κ1) is 21.9. The molecule has 2 aromatic heterocycles. The van der Waals surface area contributed by atoms with Gasteiger partial charge in [-0.1, -0.05) is 41.4 Å². The molecule has 0 atom stereocenters. The third-order valence-electron chi connectivity index (χ3n) is 4.96. The molecule has 0 aliphatic rings. The van der Waals surface area contributed by atoms with Crippen LogP contribution in [0, 0.1) is 0 Å². The Bertz CT molecular complexity index is 1250. The minimum absolute atomic E-state index is 0.0856. The average molecular weight is 471 g/mol. The summed E-state index contributed by atoms with van der Waals surface area (Å²) in [6, 6.07) is 11.4. The van der Waals surface area contributed by atoms with E-state index in [1.54, 1.807) is 14.2 Å². The van der Waals surface area contributed by atoms with Gasteiger partial charge in [0.2, 0.25) is 5.91 Å². The lowest BCUT2D eigenvalue weighted by atomic mass is 10.1. The Morgan fingerprint density at radius 2 is 1.75 bits per heavy atom. The molecule has 9 heteroatoms. The highest BCUT2D eigenvalue weighted by Gasteiger charge is 2.17. The molecule has 0 spiro atoms. The number of H-pyrrole nitrogens is 1. The first-order valence-corrected chi connectivity index (χ1v) is 10.5. The number of nitrogens with one attached hydrogen (secondary N) is 2. The van der Waals surface area contributed by atoms with E-state index in [0.29, 0.717) is 23.4 Å². The molecule has 1 amide bonds. The second kappa shape index (κ2) is 9.46. The maximum absolute atomic E-state index is 12.7. The highest BCUT2D eigenvalue weighted by atomic mass is 35.5. The number of hydrogen-bond acceptors (Lipinski definition) is 5. The van der Waals surface area contributed by atoms with Crippen LogP contribution < -0.4 is 14.8 Å². The van der Waals surface area contributed by atoms with Crippen LogP contribution in [-0.2, 0) is 17.6 Å². The lowest BCUT2D eigenvalue weighted by Gasteiger charge is -2.09. The van der Waals surface area contributed by atoms with Gasteiger partial charge in [-0.2, -0.15) is 0 Å². The van der Waals surface area contributed by atoms with Gasteiger partial charge in [0.25, 0.3) is 0 Å². The molecule has 0 saturated carbocycles. The van der Waals surface area contributed by atoms with Crippen LogP contribution in [0.25, 0.3) is 11.0 Å². The number of imidazole rings is 1. The fraction of sp³-hybridized carbons (Fsp3) is 0.174. The number of pyridine rings is 1. The van der Waals surface area contributed by atoms with Crippen LogP contribution in [0.5, 0.6) is 11.5 Å². The lowest BCUT2D eigenvalue weighted by Crippen LogP contribution is -2.15. The van der Waals surface area contributed by atoms with E-state index in [2.05, 4.69) is 15.3 Å². The molecule has 0 aliphatic heterocycles.